The van der Waals surface area contributed by atoms with Crippen LogP contribution in [-0.2, 0) is 0 Å². The zero-order valence-electron chi connectivity index (χ0n) is 11.2. The summed E-state index contributed by atoms with van der Waals surface area (Å²) in [5, 5.41) is 12.1. The number of hydrogen-bond donors (Lipinski definition) is 2. The molecular formula is C16H12Cl2N2O. The molecule has 0 aliphatic carbocycles. The summed E-state index contributed by atoms with van der Waals surface area (Å²) < 4.78 is 0. The fraction of sp³-hybridized carbons (Fsp3) is 0.0625. The fourth-order valence-corrected chi connectivity index (χ4v) is 2.45. The van der Waals surface area contributed by atoms with Gasteiger partial charge in [0.15, 0.2) is 5.88 Å². The van der Waals surface area contributed by atoms with Crippen molar-refractivity contribution in [3.05, 3.63) is 57.6 Å². The molecular weight excluding hydrogens is 307 g/mol. The van der Waals surface area contributed by atoms with E-state index < -0.39 is 0 Å². The number of H-pyrrole nitrogens is 1. The monoisotopic (exact) mass is 318 g/mol. The number of benzene rings is 2. The molecule has 3 aromatic rings. The van der Waals surface area contributed by atoms with Crippen LogP contribution in [0.15, 0.2) is 41.4 Å². The van der Waals surface area contributed by atoms with Gasteiger partial charge in [0.05, 0.1) is 11.3 Å². The summed E-state index contributed by atoms with van der Waals surface area (Å²) in [6.07, 6.45) is 1.60. The summed E-state index contributed by atoms with van der Waals surface area (Å²) in [5.74, 6) is 0.0641. The van der Waals surface area contributed by atoms with Gasteiger partial charge in [-0.15, -0.1) is 0 Å². The van der Waals surface area contributed by atoms with E-state index in [1.54, 1.807) is 24.4 Å². The van der Waals surface area contributed by atoms with Crippen LogP contribution in [0.2, 0.25) is 10.0 Å². The van der Waals surface area contributed by atoms with Gasteiger partial charge in [-0.3, -0.25) is 4.99 Å². The molecule has 0 spiro atoms. The van der Waals surface area contributed by atoms with Gasteiger partial charge < -0.3 is 10.1 Å². The summed E-state index contributed by atoms with van der Waals surface area (Å²) in [6.45, 7) is 1.93. The average molecular weight is 319 g/mol. The lowest BCUT2D eigenvalue weighted by molar-refractivity contribution is 0.457. The first-order valence-electron chi connectivity index (χ1n) is 6.35. The van der Waals surface area contributed by atoms with Gasteiger partial charge in [0.25, 0.3) is 0 Å². The van der Waals surface area contributed by atoms with Crippen LogP contribution in [0.1, 0.15) is 11.1 Å². The van der Waals surface area contributed by atoms with E-state index in [2.05, 4.69) is 9.98 Å². The minimum Gasteiger partial charge on any atom is -0.494 e. The normalized spacial score (nSPS) is 11.6. The van der Waals surface area contributed by atoms with E-state index in [0.717, 1.165) is 22.2 Å². The van der Waals surface area contributed by atoms with Crippen LogP contribution in [0.4, 0.5) is 5.69 Å². The third-order valence-electron chi connectivity index (χ3n) is 3.28. The van der Waals surface area contributed by atoms with E-state index in [-0.39, 0.29) is 5.88 Å². The largest absolute Gasteiger partial charge is 0.494 e. The number of nitrogens with zero attached hydrogens (tertiary/aromatic N) is 1. The molecule has 0 aliphatic heterocycles. The van der Waals surface area contributed by atoms with E-state index in [0.29, 0.717) is 15.6 Å². The second-order valence-electron chi connectivity index (χ2n) is 4.77. The summed E-state index contributed by atoms with van der Waals surface area (Å²) in [7, 11) is 0. The number of aromatic amines is 1. The standard InChI is InChI=1S/C16H12Cl2N2O/c1-9-2-4-11(7-14(9)18)19-8-13-12-6-10(17)3-5-15(12)20-16(13)21/h2-8,20-21H,1H3. The second kappa shape index (κ2) is 5.43. The second-order valence-corrected chi connectivity index (χ2v) is 5.61. The molecule has 3 nitrogen and oxygen atoms in total. The van der Waals surface area contributed by atoms with E-state index >= 15 is 0 Å². The molecule has 0 amide bonds. The Morgan fingerprint density at radius 2 is 1.95 bits per heavy atom. The van der Waals surface area contributed by atoms with Gasteiger partial charge in [0, 0.05) is 27.2 Å². The van der Waals surface area contributed by atoms with Crippen LogP contribution in [0.5, 0.6) is 5.88 Å². The Morgan fingerprint density at radius 1 is 1.14 bits per heavy atom. The minimum absolute atomic E-state index is 0.0641. The Balaban J connectivity index is 2.04. The SMILES string of the molecule is Cc1ccc(N=Cc2c(O)[nH]c3ccc(Cl)cc23)cc1Cl. The van der Waals surface area contributed by atoms with Gasteiger partial charge in [-0.25, -0.2) is 0 Å². The van der Waals surface area contributed by atoms with E-state index in [9.17, 15) is 5.11 Å². The van der Waals surface area contributed by atoms with Crippen LogP contribution in [0.25, 0.3) is 10.9 Å². The molecule has 0 saturated heterocycles. The maximum Gasteiger partial charge on any atom is 0.198 e. The number of rotatable bonds is 2. The summed E-state index contributed by atoms with van der Waals surface area (Å²) in [4.78, 5) is 7.25. The highest BCUT2D eigenvalue weighted by atomic mass is 35.5. The number of hydrogen-bond acceptors (Lipinski definition) is 2. The number of aryl methyl sites for hydroxylation is 1. The Kier molecular flexibility index (Phi) is 3.62. The lowest BCUT2D eigenvalue weighted by atomic mass is 10.2. The third-order valence-corrected chi connectivity index (χ3v) is 3.92. The van der Waals surface area contributed by atoms with Crippen molar-refractivity contribution in [3.8, 4) is 5.88 Å². The van der Waals surface area contributed by atoms with Crippen LogP contribution in [0, 0.1) is 6.92 Å². The smallest absolute Gasteiger partial charge is 0.198 e. The first-order chi connectivity index (χ1) is 10.0. The van der Waals surface area contributed by atoms with E-state index in [4.69, 9.17) is 23.2 Å². The highest BCUT2D eigenvalue weighted by Gasteiger charge is 2.09. The minimum atomic E-state index is 0.0641. The quantitative estimate of drug-likeness (QED) is 0.624. The Labute approximate surface area is 131 Å². The summed E-state index contributed by atoms with van der Waals surface area (Å²) >= 11 is 12.1. The van der Waals surface area contributed by atoms with Gasteiger partial charge >= 0.3 is 0 Å². The maximum absolute atomic E-state index is 9.99. The molecule has 0 aliphatic rings. The molecule has 0 bridgehead atoms. The van der Waals surface area contributed by atoms with Crippen molar-refractivity contribution in [1.29, 1.82) is 0 Å². The van der Waals surface area contributed by atoms with E-state index in [1.807, 2.05) is 25.1 Å². The molecule has 2 N–H and O–H groups in total. The zero-order chi connectivity index (χ0) is 15.0. The van der Waals surface area contributed by atoms with Crippen LogP contribution < -0.4 is 0 Å². The van der Waals surface area contributed by atoms with Gasteiger partial charge in [-0.2, -0.15) is 0 Å². The molecule has 1 aromatic heterocycles. The molecule has 5 heteroatoms. The molecule has 2 aromatic carbocycles. The molecule has 0 atom stereocenters. The first-order valence-corrected chi connectivity index (χ1v) is 7.10. The van der Waals surface area contributed by atoms with Crippen molar-refractivity contribution in [2.45, 2.75) is 6.92 Å². The third kappa shape index (κ3) is 2.75. The van der Waals surface area contributed by atoms with Crippen molar-refractivity contribution < 1.29 is 5.11 Å². The van der Waals surface area contributed by atoms with Crippen molar-refractivity contribution >= 4 is 46.0 Å². The predicted octanol–water partition coefficient (Wildman–Crippen LogP) is 5.24. The topological polar surface area (TPSA) is 48.4 Å². The van der Waals surface area contributed by atoms with Crippen LogP contribution in [-0.4, -0.2) is 16.3 Å². The molecule has 1 heterocycles. The molecule has 21 heavy (non-hydrogen) atoms. The zero-order valence-corrected chi connectivity index (χ0v) is 12.7. The molecule has 0 unspecified atom stereocenters. The summed E-state index contributed by atoms with van der Waals surface area (Å²) in [6, 6.07) is 10.9. The van der Waals surface area contributed by atoms with Crippen LogP contribution >= 0.6 is 23.2 Å². The van der Waals surface area contributed by atoms with Crippen LogP contribution in [0.3, 0.4) is 0 Å². The lowest BCUT2D eigenvalue weighted by Gasteiger charge is -1.99. The van der Waals surface area contributed by atoms with E-state index in [1.165, 1.54) is 0 Å². The van der Waals surface area contributed by atoms with Crippen molar-refractivity contribution in [2.75, 3.05) is 0 Å². The van der Waals surface area contributed by atoms with Crippen molar-refractivity contribution in [2.24, 2.45) is 4.99 Å². The maximum atomic E-state index is 9.99. The lowest BCUT2D eigenvalue weighted by Crippen LogP contribution is -1.80. The molecule has 106 valence electrons. The van der Waals surface area contributed by atoms with Gasteiger partial charge in [0.2, 0.25) is 0 Å². The first kappa shape index (κ1) is 14.0. The highest BCUT2D eigenvalue weighted by Crippen LogP contribution is 2.29. The highest BCUT2D eigenvalue weighted by molar-refractivity contribution is 6.32. The number of aromatic nitrogens is 1. The Morgan fingerprint density at radius 3 is 2.71 bits per heavy atom. The number of fused-ring (bicyclic) bond motifs is 1. The van der Waals surface area contributed by atoms with Crippen molar-refractivity contribution in [1.82, 2.24) is 4.98 Å². The number of halogens is 2. The summed E-state index contributed by atoms with van der Waals surface area (Å²) in [5.41, 5.74) is 3.13. The van der Waals surface area contributed by atoms with Gasteiger partial charge in [-0.05, 0) is 42.8 Å². The molecule has 3 rings (SSSR count). The predicted molar refractivity (Wildman–Crippen MR) is 88.4 cm³/mol. The number of aliphatic imine (C=N–C) groups is 1. The fourth-order valence-electron chi connectivity index (χ4n) is 2.10. The molecule has 0 fully saturated rings. The number of aromatic hydroxyl groups is 1. The average Bonchev–Trinajstić information content (AvgIpc) is 2.75. The van der Waals surface area contributed by atoms with Crippen molar-refractivity contribution in [3.63, 3.8) is 0 Å². The Hall–Kier alpha value is -1.97. The van der Waals surface area contributed by atoms with Gasteiger partial charge in [0.1, 0.15) is 0 Å². The Bertz CT molecular complexity index is 853. The number of nitrogens with one attached hydrogen (secondary N) is 1. The van der Waals surface area contributed by atoms with Gasteiger partial charge in [-0.1, -0.05) is 29.3 Å². The molecule has 0 saturated carbocycles. The molecule has 0 radical (unpaired) electrons.